The van der Waals surface area contributed by atoms with Crippen LogP contribution in [0.4, 0.5) is 0 Å². The lowest BCUT2D eigenvalue weighted by molar-refractivity contribution is -0.118. The number of carbonyl (C=O) groups is 2. The standard InChI is InChI=1S/C26H60N2O7Si6/c1-23(2)25(29)27-19-17-21-40(31-36(5,6)7,32-37(8,9)10)35-41(33-38(11,12)13,34-39(14,15)16)22-18-20-28-26(30)24(3)4/h1,3,17-22H2,2,4-16H3,(H,27,29)(H,28,30). The Morgan fingerprint density at radius 2 is 0.756 bits per heavy atom. The zero-order valence-corrected chi connectivity index (χ0v) is 34.5. The maximum atomic E-state index is 12.2. The Morgan fingerprint density at radius 1 is 0.512 bits per heavy atom. The Labute approximate surface area is 257 Å². The summed E-state index contributed by atoms with van der Waals surface area (Å²) in [6.07, 6.45) is 1.25. The third-order valence-electron chi connectivity index (χ3n) is 4.82. The summed E-state index contributed by atoms with van der Waals surface area (Å²) in [6, 6.07) is 1.06. The second kappa shape index (κ2) is 16.0. The molecule has 0 heterocycles. The summed E-state index contributed by atoms with van der Waals surface area (Å²) in [5.41, 5.74) is 0.942. The Morgan fingerprint density at radius 3 is 0.951 bits per heavy atom. The van der Waals surface area contributed by atoms with Crippen LogP contribution in [0.2, 0.25) is 90.7 Å². The summed E-state index contributed by atoms with van der Waals surface area (Å²) in [5.74, 6) is -0.333. The van der Waals surface area contributed by atoms with E-state index in [-0.39, 0.29) is 11.8 Å². The van der Waals surface area contributed by atoms with Gasteiger partial charge in [0, 0.05) is 36.3 Å². The molecule has 0 atom stereocenters. The predicted octanol–water partition coefficient (Wildman–Crippen LogP) is 6.45. The van der Waals surface area contributed by atoms with Crippen molar-refractivity contribution in [3.8, 4) is 0 Å². The molecule has 0 aliphatic carbocycles. The average molecular weight is 681 g/mol. The van der Waals surface area contributed by atoms with Gasteiger partial charge in [0.1, 0.15) is 0 Å². The second-order valence-electron chi connectivity index (χ2n) is 14.6. The number of hydrogen-bond donors (Lipinski definition) is 2. The highest BCUT2D eigenvalue weighted by Gasteiger charge is 2.58. The molecule has 2 amide bonds. The van der Waals surface area contributed by atoms with Crippen LogP contribution >= 0.6 is 0 Å². The lowest BCUT2D eigenvalue weighted by Crippen LogP contribution is -2.67. The van der Waals surface area contributed by atoms with Crippen molar-refractivity contribution in [2.75, 3.05) is 13.1 Å². The minimum absolute atomic E-state index is 0.167. The van der Waals surface area contributed by atoms with Crippen LogP contribution in [0.3, 0.4) is 0 Å². The van der Waals surface area contributed by atoms with Crippen molar-refractivity contribution in [1.29, 1.82) is 0 Å². The first kappa shape index (κ1) is 40.5. The quantitative estimate of drug-likeness (QED) is 0.0865. The van der Waals surface area contributed by atoms with Gasteiger partial charge in [-0.25, -0.2) is 0 Å². The van der Waals surface area contributed by atoms with Crippen molar-refractivity contribution < 1.29 is 30.2 Å². The third-order valence-corrected chi connectivity index (χ3v) is 24.0. The SMILES string of the molecule is C=C(C)C(=O)NCCC[Si](O[Si](C)(C)C)(O[Si](C)(C)C)O[Si](CCCNC(=O)C(=C)C)(O[Si](C)(C)C)O[Si](C)(C)C. The van der Waals surface area contributed by atoms with E-state index in [9.17, 15) is 9.59 Å². The zero-order valence-electron chi connectivity index (χ0n) is 28.5. The molecule has 2 N–H and O–H groups in total. The van der Waals surface area contributed by atoms with Crippen LogP contribution in [0.15, 0.2) is 24.3 Å². The topological polar surface area (TPSA) is 104 Å². The van der Waals surface area contributed by atoms with Crippen LogP contribution in [0.1, 0.15) is 26.7 Å². The molecule has 0 rings (SSSR count). The summed E-state index contributed by atoms with van der Waals surface area (Å²) in [7, 11) is -15.5. The summed E-state index contributed by atoms with van der Waals surface area (Å²) < 4.78 is 35.2. The van der Waals surface area contributed by atoms with E-state index >= 15 is 0 Å². The first-order valence-electron chi connectivity index (χ1n) is 14.6. The molecule has 0 radical (unpaired) electrons. The van der Waals surface area contributed by atoms with E-state index in [1.54, 1.807) is 13.8 Å². The molecule has 9 nitrogen and oxygen atoms in total. The van der Waals surface area contributed by atoms with E-state index in [1.165, 1.54) is 0 Å². The van der Waals surface area contributed by atoms with E-state index in [0.29, 0.717) is 49.2 Å². The molecular weight excluding hydrogens is 621 g/mol. The van der Waals surface area contributed by atoms with Crippen molar-refractivity contribution in [2.24, 2.45) is 0 Å². The Bertz CT molecular complexity index is 802. The fraction of sp³-hybridized carbons (Fsp3) is 0.769. The molecular formula is C26H60N2O7Si6. The maximum Gasteiger partial charge on any atom is 0.472 e. The molecule has 0 unspecified atom stereocenters. The molecule has 0 saturated heterocycles. The molecule has 0 bridgehead atoms. The zero-order chi connectivity index (χ0) is 32.5. The van der Waals surface area contributed by atoms with Gasteiger partial charge in [-0.1, -0.05) is 13.2 Å². The van der Waals surface area contributed by atoms with E-state index in [4.69, 9.17) is 20.6 Å². The highest BCUT2D eigenvalue weighted by Crippen LogP contribution is 2.35. The van der Waals surface area contributed by atoms with Gasteiger partial charge in [-0.05, 0) is 105 Å². The number of rotatable bonds is 20. The van der Waals surface area contributed by atoms with Gasteiger partial charge < -0.3 is 31.2 Å². The fourth-order valence-electron chi connectivity index (χ4n) is 3.85. The monoisotopic (exact) mass is 680 g/mol. The van der Waals surface area contributed by atoms with Gasteiger partial charge in [0.15, 0.2) is 33.3 Å². The summed E-state index contributed by atoms with van der Waals surface area (Å²) in [5, 5.41) is 5.87. The summed E-state index contributed by atoms with van der Waals surface area (Å²) in [4.78, 5) is 24.3. The molecule has 0 aliphatic rings. The molecule has 41 heavy (non-hydrogen) atoms. The number of amides is 2. The first-order valence-corrected chi connectivity index (χ1v) is 32.1. The van der Waals surface area contributed by atoms with Crippen LogP contribution in [0.25, 0.3) is 0 Å². The molecule has 0 spiro atoms. The van der Waals surface area contributed by atoms with E-state index in [0.717, 1.165) is 0 Å². The van der Waals surface area contributed by atoms with E-state index < -0.39 is 50.9 Å². The van der Waals surface area contributed by atoms with Gasteiger partial charge in [-0.15, -0.1) is 0 Å². The van der Waals surface area contributed by atoms with Gasteiger partial charge >= 0.3 is 17.6 Å². The van der Waals surface area contributed by atoms with Gasteiger partial charge in [-0.2, -0.15) is 0 Å². The van der Waals surface area contributed by atoms with Gasteiger partial charge in [0.05, 0.1) is 0 Å². The van der Waals surface area contributed by atoms with Gasteiger partial charge in [0.25, 0.3) is 0 Å². The van der Waals surface area contributed by atoms with Crippen molar-refractivity contribution in [3.63, 3.8) is 0 Å². The lowest BCUT2D eigenvalue weighted by Gasteiger charge is -2.47. The largest absolute Gasteiger partial charge is 0.472 e. The van der Waals surface area contributed by atoms with Crippen LogP contribution in [0.5, 0.6) is 0 Å². The molecule has 0 fully saturated rings. The maximum absolute atomic E-state index is 12.2. The first-order chi connectivity index (χ1) is 18.2. The van der Waals surface area contributed by atoms with Gasteiger partial charge in [-0.3, -0.25) is 9.59 Å². The number of nitrogens with one attached hydrogen (secondary N) is 2. The van der Waals surface area contributed by atoms with Gasteiger partial charge in [0.2, 0.25) is 11.8 Å². The van der Waals surface area contributed by atoms with Crippen molar-refractivity contribution in [2.45, 2.75) is 117 Å². The second-order valence-corrected chi connectivity index (χ2v) is 39.3. The minimum atomic E-state index is -3.40. The fourth-order valence-corrected chi connectivity index (χ4v) is 27.6. The molecule has 240 valence electrons. The number of hydrogen-bond acceptors (Lipinski definition) is 7. The highest BCUT2D eigenvalue weighted by molar-refractivity contribution is 6.92. The van der Waals surface area contributed by atoms with Crippen LogP contribution in [0, 0.1) is 0 Å². The Hall–Kier alpha value is -0.479. The molecule has 0 aromatic heterocycles. The minimum Gasteiger partial charge on any atom is -0.417 e. The van der Waals surface area contributed by atoms with Crippen LogP contribution < -0.4 is 10.6 Å². The predicted molar refractivity (Wildman–Crippen MR) is 185 cm³/mol. The Balaban J connectivity index is 6.72. The van der Waals surface area contributed by atoms with Crippen molar-refractivity contribution in [3.05, 3.63) is 24.3 Å². The van der Waals surface area contributed by atoms with E-state index in [2.05, 4.69) is 102 Å². The van der Waals surface area contributed by atoms with Crippen molar-refractivity contribution >= 4 is 62.7 Å². The van der Waals surface area contributed by atoms with E-state index in [1.807, 2.05) is 0 Å². The molecule has 0 aliphatic heterocycles. The lowest BCUT2D eigenvalue weighted by atomic mass is 10.3. The van der Waals surface area contributed by atoms with Crippen molar-refractivity contribution in [1.82, 2.24) is 10.6 Å². The molecule has 0 aromatic carbocycles. The summed E-state index contributed by atoms with van der Waals surface area (Å²) in [6.45, 7) is 37.5. The molecule has 0 saturated carbocycles. The molecule has 0 aromatic rings. The van der Waals surface area contributed by atoms with Crippen LogP contribution in [-0.2, 0) is 30.2 Å². The number of carbonyl (C=O) groups excluding carboxylic acids is 2. The molecule has 15 heteroatoms. The summed E-state index contributed by atoms with van der Waals surface area (Å²) >= 11 is 0. The van der Waals surface area contributed by atoms with Crippen LogP contribution in [-0.4, -0.2) is 75.8 Å². The highest BCUT2D eigenvalue weighted by atomic mass is 28.5. The smallest absolute Gasteiger partial charge is 0.417 e. The normalized spacial score (nSPS) is 13.6. The Kier molecular flexibility index (Phi) is 15.8. The third kappa shape index (κ3) is 19.4. The average Bonchev–Trinajstić information content (AvgIpc) is 2.68.